The number of aromatic nitrogens is 1. The van der Waals surface area contributed by atoms with Crippen LogP contribution in [0.5, 0.6) is 0 Å². The van der Waals surface area contributed by atoms with Crippen LogP contribution < -0.4 is 0 Å². The van der Waals surface area contributed by atoms with Gasteiger partial charge in [0.25, 0.3) is 0 Å². The molecule has 1 aliphatic rings. The van der Waals surface area contributed by atoms with Crippen molar-refractivity contribution in [3.8, 4) is 0 Å². The Morgan fingerprint density at radius 2 is 2.00 bits per heavy atom. The van der Waals surface area contributed by atoms with Crippen LogP contribution in [0.15, 0.2) is 22.7 Å². The lowest BCUT2D eigenvalue weighted by molar-refractivity contribution is 0.0472. The Hall–Kier alpha value is -2.43. The summed E-state index contributed by atoms with van der Waals surface area (Å²) in [6, 6.07) is 5.70. The molecule has 0 amide bonds. The number of benzene rings is 1. The normalized spacial score (nSPS) is 13.0. The van der Waals surface area contributed by atoms with Gasteiger partial charge in [0.15, 0.2) is 12.4 Å². The van der Waals surface area contributed by atoms with Gasteiger partial charge >= 0.3 is 5.97 Å². The number of ether oxygens (including phenoxy) is 1. The Labute approximate surface area is 128 Å². The molecule has 0 radical (unpaired) electrons. The van der Waals surface area contributed by atoms with E-state index in [1.807, 2.05) is 12.1 Å². The second kappa shape index (κ2) is 5.75. The largest absolute Gasteiger partial charge is 0.454 e. The van der Waals surface area contributed by atoms with Gasteiger partial charge in [-0.3, -0.25) is 4.79 Å². The van der Waals surface area contributed by atoms with Crippen molar-refractivity contribution >= 4 is 11.8 Å². The van der Waals surface area contributed by atoms with Crippen LogP contribution in [0, 0.1) is 13.8 Å². The van der Waals surface area contributed by atoms with Crippen molar-refractivity contribution < 1.29 is 18.8 Å². The van der Waals surface area contributed by atoms with Crippen LogP contribution in [-0.2, 0) is 17.6 Å². The lowest BCUT2D eigenvalue weighted by atomic mass is 10.0. The Morgan fingerprint density at radius 3 is 2.73 bits per heavy atom. The number of ketones is 1. The summed E-state index contributed by atoms with van der Waals surface area (Å²) >= 11 is 0. The highest BCUT2D eigenvalue weighted by atomic mass is 16.5. The highest BCUT2D eigenvalue weighted by Crippen LogP contribution is 2.23. The lowest BCUT2D eigenvalue weighted by Gasteiger charge is -2.06. The fourth-order valence-corrected chi connectivity index (χ4v) is 2.81. The maximum Gasteiger partial charge on any atom is 0.344 e. The zero-order valence-corrected chi connectivity index (χ0v) is 12.6. The number of hydrogen-bond donors (Lipinski definition) is 0. The van der Waals surface area contributed by atoms with E-state index in [0.29, 0.717) is 22.6 Å². The molecule has 5 heteroatoms. The Balaban J connectivity index is 1.66. The van der Waals surface area contributed by atoms with E-state index in [-0.39, 0.29) is 12.4 Å². The Morgan fingerprint density at radius 1 is 1.23 bits per heavy atom. The molecule has 1 heterocycles. The minimum absolute atomic E-state index is 0.199. The molecule has 114 valence electrons. The fourth-order valence-electron chi connectivity index (χ4n) is 2.81. The van der Waals surface area contributed by atoms with Gasteiger partial charge < -0.3 is 9.26 Å². The van der Waals surface area contributed by atoms with Gasteiger partial charge in [0.2, 0.25) is 0 Å². The number of hydrogen-bond acceptors (Lipinski definition) is 5. The van der Waals surface area contributed by atoms with E-state index in [1.54, 1.807) is 19.9 Å². The van der Waals surface area contributed by atoms with Crippen molar-refractivity contribution in [3.05, 3.63) is 51.9 Å². The number of carbonyl (C=O) groups is 2. The quantitative estimate of drug-likeness (QED) is 0.641. The smallest absolute Gasteiger partial charge is 0.344 e. The lowest BCUT2D eigenvalue weighted by Crippen LogP contribution is -2.15. The van der Waals surface area contributed by atoms with Crippen LogP contribution in [-0.4, -0.2) is 23.5 Å². The van der Waals surface area contributed by atoms with Gasteiger partial charge in [0.1, 0.15) is 11.3 Å². The summed E-state index contributed by atoms with van der Waals surface area (Å²) in [5, 5.41) is 3.70. The predicted molar refractivity (Wildman–Crippen MR) is 79.1 cm³/mol. The van der Waals surface area contributed by atoms with E-state index in [9.17, 15) is 9.59 Å². The van der Waals surface area contributed by atoms with E-state index in [2.05, 4.69) is 5.16 Å². The van der Waals surface area contributed by atoms with Crippen molar-refractivity contribution in [2.45, 2.75) is 33.1 Å². The van der Waals surface area contributed by atoms with Crippen molar-refractivity contribution in [1.29, 1.82) is 0 Å². The fraction of sp³-hybridized carbons (Fsp3) is 0.353. The molecule has 22 heavy (non-hydrogen) atoms. The first kappa shape index (κ1) is 14.5. The SMILES string of the molecule is Cc1noc(C)c1C(=O)OCC(=O)c1ccc2c(c1)CCC2. The first-order chi connectivity index (χ1) is 10.6. The van der Waals surface area contributed by atoms with Crippen LogP contribution in [0.2, 0.25) is 0 Å². The van der Waals surface area contributed by atoms with E-state index in [1.165, 1.54) is 11.1 Å². The number of aryl methyl sites for hydroxylation is 4. The van der Waals surface area contributed by atoms with Gasteiger partial charge in [0.05, 0.1) is 5.69 Å². The summed E-state index contributed by atoms with van der Waals surface area (Å²) in [7, 11) is 0. The third kappa shape index (κ3) is 2.66. The van der Waals surface area contributed by atoms with Crippen molar-refractivity contribution in [1.82, 2.24) is 5.16 Å². The minimum atomic E-state index is -0.578. The first-order valence-electron chi connectivity index (χ1n) is 7.31. The maximum atomic E-state index is 12.2. The molecule has 3 rings (SSSR count). The zero-order valence-electron chi connectivity index (χ0n) is 12.6. The monoisotopic (exact) mass is 299 g/mol. The summed E-state index contributed by atoms with van der Waals surface area (Å²) < 4.78 is 10.0. The Kier molecular flexibility index (Phi) is 3.79. The zero-order chi connectivity index (χ0) is 15.7. The molecule has 0 spiro atoms. The van der Waals surface area contributed by atoms with E-state index in [0.717, 1.165) is 19.3 Å². The van der Waals surface area contributed by atoms with Gasteiger partial charge in [0, 0.05) is 5.56 Å². The number of carbonyl (C=O) groups excluding carboxylic acids is 2. The van der Waals surface area contributed by atoms with Crippen LogP contribution in [0.1, 0.15) is 49.7 Å². The molecular formula is C17H17NO4. The average molecular weight is 299 g/mol. The van der Waals surface area contributed by atoms with Gasteiger partial charge in [-0.1, -0.05) is 17.3 Å². The summed E-state index contributed by atoms with van der Waals surface area (Å²) in [5.41, 5.74) is 3.88. The van der Waals surface area contributed by atoms with Gasteiger partial charge in [-0.2, -0.15) is 0 Å². The standard InChI is InChI=1S/C17H17NO4/c1-10-16(11(2)22-18-10)17(20)21-9-15(19)14-7-6-12-4-3-5-13(12)8-14/h6-8H,3-5,9H2,1-2H3. The highest BCUT2D eigenvalue weighted by Gasteiger charge is 2.21. The molecule has 0 aliphatic heterocycles. The highest BCUT2D eigenvalue weighted by molar-refractivity contribution is 6.00. The summed E-state index contributed by atoms with van der Waals surface area (Å²) in [4.78, 5) is 24.2. The average Bonchev–Trinajstić information content (AvgIpc) is 3.10. The molecular weight excluding hydrogens is 282 g/mol. The van der Waals surface area contributed by atoms with Gasteiger partial charge in [-0.15, -0.1) is 0 Å². The topological polar surface area (TPSA) is 69.4 Å². The van der Waals surface area contributed by atoms with Crippen LogP contribution in [0.3, 0.4) is 0 Å². The number of rotatable bonds is 4. The summed E-state index contributed by atoms with van der Waals surface area (Å²) in [5.74, 6) is -0.381. The van der Waals surface area contributed by atoms with Crippen LogP contribution >= 0.6 is 0 Å². The number of Topliss-reactive ketones (excluding diaryl/α,β-unsaturated/α-hetero) is 1. The van der Waals surface area contributed by atoms with Gasteiger partial charge in [-0.25, -0.2) is 4.79 Å². The third-order valence-corrected chi connectivity index (χ3v) is 3.99. The number of nitrogens with zero attached hydrogens (tertiary/aromatic N) is 1. The first-order valence-corrected chi connectivity index (χ1v) is 7.31. The molecule has 5 nitrogen and oxygen atoms in total. The molecule has 2 aromatic rings. The van der Waals surface area contributed by atoms with Crippen molar-refractivity contribution in [2.75, 3.05) is 6.61 Å². The Bertz CT molecular complexity index is 726. The minimum Gasteiger partial charge on any atom is -0.454 e. The molecule has 1 aliphatic carbocycles. The second-order valence-corrected chi connectivity index (χ2v) is 5.54. The van der Waals surface area contributed by atoms with Crippen LogP contribution in [0.4, 0.5) is 0 Å². The molecule has 1 aromatic carbocycles. The number of esters is 1. The van der Waals surface area contributed by atoms with E-state index in [4.69, 9.17) is 9.26 Å². The maximum absolute atomic E-state index is 12.2. The molecule has 1 aromatic heterocycles. The second-order valence-electron chi connectivity index (χ2n) is 5.54. The van der Waals surface area contributed by atoms with Gasteiger partial charge in [-0.05, 0) is 50.3 Å². The molecule has 0 bridgehead atoms. The van der Waals surface area contributed by atoms with E-state index >= 15 is 0 Å². The number of fused-ring (bicyclic) bond motifs is 1. The molecule has 0 saturated carbocycles. The summed E-state index contributed by atoms with van der Waals surface area (Å²) in [6.45, 7) is 3.02. The predicted octanol–water partition coefficient (Wildman–Crippen LogP) is 2.82. The van der Waals surface area contributed by atoms with Crippen LogP contribution in [0.25, 0.3) is 0 Å². The van der Waals surface area contributed by atoms with Crippen molar-refractivity contribution in [2.24, 2.45) is 0 Å². The third-order valence-electron chi connectivity index (χ3n) is 3.99. The molecule has 0 saturated heterocycles. The molecule has 0 unspecified atom stereocenters. The molecule has 0 fully saturated rings. The van der Waals surface area contributed by atoms with E-state index < -0.39 is 5.97 Å². The summed E-state index contributed by atoms with van der Waals surface area (Å²) in [6.07, 6.45) is 3.22. The molecule has 0 atom stereocenters. The molecule has 0 N–H and O–H groups in total. The van der Waals surface area contributed by atoms with Crippen molar-refractivity contribution in [3.63, 3.8) is 0 Å².